The predicted octanol–water partition coefficient (Wildman–Crippen LogP) is -0.373. The minimum Gasteiger partial charge on any atom is -0.409 e. The molecule has 15 heavy (non-hydrogen) atoms. The second-order valence-electron chi connectivity index (χ2n) is 3.34. The van der Waals surface area contributed by atoms with Crippen LogP contribution in [-0.2, 0) is 4.79 Å². The molecule has 0 aromatic rings. The summed E-state index contributed by atoms with van der Waals surface area (Å²) in [5.74, 6) is 0.176. The van der Waals surface area contributed by atoms with Gasteiger partial charge in [0.2, 0.25) is 5.91 Å². The fourth-order valence-electron chi connectivity index (χ4n) is 1.17. The van der Waals surface area contributed by atoms with Crippen molar-refractivity contribution in [1.82, 2.24) is 10.6 Å². The van der Waals surface area contributed by atoms with E-state index in [1.807, 2.05) is 6.92 Å². The second kappa shape index (κ2) is 8.05. The molecule has 6 heteroatoms. The molecule has 1 amide bonds. The van der Waals surface area contributed by atoms with Crippen LogP contribution < -0.4 is 16.4 Å². The summed E-state index contributed by atoms with van der Waals surface area (Å²) in [4.78, 5) is 10.6. The molecule has 6 nitrogen and oxygen atoms in total. The first-order valence-corrected chi connectivity index (χ1v) is 5.04. The lowest BCUT2D eigenvalue weighted by atomic mass is 10.1. The number of carbonyl (C=O) groups excluding carboxylic acids is 1. The number of nitrogens with one attached hydrogen (secondary N) is 2. The summed E-state index contributed by atoms with van der Waals surface area (Å²) in [6.07, 6.45) is 1.39. The van der Waals surface area contributed by atoms with Crippen molar-refractivity contribution in [3.63, 3.8) is 0 Å². The van der Waals surface area contributed by atoms with Gasteiger partial charge in [-0.2, -0.15) is 0 Å². The van der Waals surface area contributed by atoms with Crippen molar-refractivity contribution in [1.29, 1.82) is 0 Å². The molecule has 0 aromatic carbocycles. The van der Waals surface area contributed by atoms with Gasteiger partial charge in [-0.25, -0.2) is 0 Å². The van der Waals surface area contributed by atoms with Crippen molar-refractivity contribution in [3.8, 4) is 0 Å². The maximum absolute atomic E-state index is 10.6. The molecule has 5 N–H and O–H groups in total. The Kier molecular flexibility index (Phi) is 7.35. The van der Waals surface area contributed by atoms with Crippen molar-refractivity contribution in [2.75, 3.05) is 13.1 Å². The van der Waals surface area contributed by atoms with Gasteiger partial charge in [0.1, 0.15) is 5.84 Å². The Labute approximate surface area is 89.9 Å². The molecule has 0 rings (SSSR count). The number of hydrogen-bond acceptors (Lipinski definition) is 4. The molecule has 0 aliphatic rings. The van der Waals surface area contributed by atoms with E-state index >= 15 is 0 Å². The zero-order valence-corrected chi connectivity index (χ0v) is 9.29. The quantitative estimate of drug-likeness (QED) is 0.153. The van der Waals surface area contributed by atoms with Gasteiger partial charge >= 0.3 is 0 Å². The Morgan fingerprint density at radius 1 is 1.53 bits per heavy atom. The van der Waals surface area contributed by atoms with E-state index in [0.717, 1.165) is 6.42 Å². The van der Waals surface area contributed by atoms with Crippen molar-refractivity contribution in [2.45, 2.75) is 32.7 Å². The summed E-state index contributed by atoms with van der Waals surface area (Å²) >= 11 is 0. The number of amides is 1. The molecular formula is C9H20N4O2. The average molecular weight is 216 g/mol. The van der Waals surface area contributed by atoms with Gasteiger partial charge in [0.25, 0.3) is 0 Å². The van der Waals surface area contributed by atoms with Crippen LogP contribution in [0.4, 0.5) is 0 Å². The van der Waals surface area contributed by atoms with Crippen molar-refractivity contribution < 1.29 is 10.0 Å². The van der Waals surface area contributed by atoms with Crippen LogP contribution in [0.3, 0.4) is 0 Å². The highest BCUT2D eigenvalue weighted by atomic mass is 16.4. The summed E-state index contributed by atoms with van der Waals surface area (Å²) < 4.78 is 0. The smallest absolute Gasteiger partial charge is 0.216 e. The lowest BCUT2D eigenvalue weighted by molar-refractivity contribution is -0.118. The highest BCUT2D eigenvalue weighted by Crippen LogP contribution is 1.96. The predicted molar refractivity (Wildman–Crippen MR) is 58.8 cm³/mol. The topological polar surface area (TPSA) is 99.7 Å². The van der Waals surface area contributed by atoms with Gasteiger partial charge in [-0.1, -0.05) is 12.1 Å². The van der Waals surface area contributed by atoms with Crippen LogP contribution in [0.15, 0.2) is 5.16 Å². The molecule has 0 aromatic heterocycles. The average Bonchev–Trinajstić information content (AvgIpc) is 2.21. The van der Waals surface area contributed by atoms with Gasteiger partial charge in [0.05, 0.1) is 0 Å². The third kappa shape index (κ3) is 7.75. The van der Waals surface area contributed by atoms with Crippen LogP contribution in [0, 0.1) is 0 Å². The molecule has 0 aliphatic heterocycles. The first-order chi connectivity index (χ1) is 7.10. The number of hydrogen-bond donors (Lipinski definition) is 4. The summed E-state index contributed by atoms with van der Waals surface area (Å²) in [5, 5.41) is 17.2. The van der Waals surface area contributed by atoms with E-state index < -0.39 is 0 Å². The summed E-state index contributed by atoms with van der Waals surface area (Å²) in [6.45, 7) is 4.76. The van der Waals surface area contributed by atoms with Crippen LogP contribution in [0.1, 0.15) is 26.7 Å². The summed E-state index contributed by atoms with van der Waals surface area (Å²) in [6, 6.07) is 0.176. The molecule has 0 saturated heterocycles. The van der Waals surface area contributed by atoms with Crippen molar-refractivity contribution in [2.24, 2.45) is 10.9 Å². The molecule has 1 unspecified atom stereocenters. The number of carbonyl (C=O) groups is 1. The largest absolute Gasteiger partial charge is 0.409 e. The number of oxime groups is 1. The zero-order valence-electron chi connectivity index (χ0n) is 9.29. The number of amidine groups is 1. The van der Waals surface area contributed by atoms with E-state index in [2.05, 4.69) is 15.8 Å². The molecule has 0 aliphatic carbocycles. The molecule has 0 spiro atoms. The zero-order chi connectivity index (χ0) is 11.7. The highest BCUT2D eigenvalue weighted by Gasteiger charge is 2.07. The Balaban J connectivity index is 3.66. The van der Waals surface area contributed by atoms with Crippen LogP contribution in [0.2, 0.25) is 0 Å². The Hall–Kier alpha value is -1.30. The van der Waals surface area contributed by atoms with Gasteiger partial charge in [0, 0.05) is 32.5 Å². The minimum absolute atomic E-state index is 0.0405. The maximum atomic E-state index is 10.6. The lowest BCUT2D eigenvalue weighted by Gasteiger charge is -2.15. The Morgan fingerprint density at radius 3 is 2.67 bits per heavy atom. The highest BCUT2D eigenvalue weighted by molar-refractivity contribution is 5.80. The monoisotopic (exact) mass is 216 g/mol. The lowest BCUT2D eigenvalue weighted by Crippen LogP contribution is -2.38. The molecule has 88 valence electrons. The van der Waals surface area contributed by atoms with E-state index in [-0.39, 0.29) is 17.8 Å². The van der Waals surface area contributed by atoms with Gasteiger partial charge in [0.15, 0.2) is 0 Å². The van der Waals surface area contributed by atoms with E-state index in [1.54, 1.807) is 0 Å². The molecular weight excluding hydrogens is 196 g/mol. The number of rotatable bonds is 7. The molecule has 1 atom stereocenters. The molecule has 0 bridgehead atoms. The molecule has 0 radical (unpaired) electrons. The third-order valence-electron chi connectivity index (χ3n) is 2.01. The van der Waals surface area contributed by atoms with Crippen LogP contribution in [-0.4, -0.2) is 36.1 Å². The number of nitrogens with zero attached hydrogens (tertiary/aromatic N) is 1. The maximum Gasteiger partial charge on any atom is 0.216 e. The van der Waals surface area contributed by atoms with Gasteiger partial charge < -0.3 is 21.6 Å². The van der Waals surface area contributed by atoms with Crippen LogP contribution in [0.25, 0.3) is 0 Å². The number of nitrogens with two attached hydrogens (primary N) is 1. The van der Waals surface area contributed by atoms with Crippen LogP contribution >= 0.6 is 0 Å². The Morgan fingerprint density at radius 2 is 2.20 bits per heavy atom. The van der Waals surface area contributed by atoms with Crippen LogP contribution in [0.5, 0.6) is 0 Å². The summed E-state index contributed by atoms with van der Waals surface area (Å²) in [5.41, 5.74) is 5.39. The second-order valence-corrected chi connectivity index (χ2v) is 3.34. The molecule has 0 fully saturated rings. The standard InChI is InChI=1S/C9H20N4O2/c1-3-8(6-9(10)13-15)12-5-4-11-7(2)14/h8,12,15H,3-6H2,1-2H3,(H2,10,13)(H,11,14). The SMILES string of the molecule is CCC(CC(N)=NO)NCCNC(C)=O. The first-order valence-electron chi connectivity index (χ1n) is 5.04. The van der Waals surface area contributed by atoms with Gasteiger partial charge in [-0.15, -0.1) is 0 Å². The minimum atomic E-state index is -0.0405. The molecule has 0 heterocycles. The van der Waals surface area contributed by atoms with E-state index in [4.69, 9.17) is 10.9 Å². The van der Waals surface area contributed by atoms with E-state index in [1.165, 1.54) is 6.92 Å². The Bertz CT molecular complexity index is 218. The van der Waals surface area contributed by atoms with Gasteiger partial charge in [-0.05, 0) is 6.42 Å². The third-order valence-corrected chi connectivity index (χ3v) is 2.01. The fraction of sp³-hybridized carbons (Fsp3) is 0.778. The van der Waals surface area contributed by atoms with E-state index in [0.29, 0.717) is 19.5 Å². The summed E-state index contributed by atoms with van der Waals surface area (Å²) in [7, 11) is 0. The van der Waals surface area contributed by atoms with E-state index in [9.17, 15) is 4.79 Å². The van der Waals surface area contributed by atoms with Crippen molar-refractivity contribution in [3.05, 3.63) is 0 Å². The normalized spacial score (nSPS) is 13.6. The fourth-order valence-corrected chi connectivity index (χ4v) is 1.17. The van der Waals surface area contributed by atoms with Gasteiger partial charge in [-0.3, -0.25) is 4.79 Å². The first kappa shape index (κ1) is 13.7. The van der Waals surface area contributed by atoms with Crippen molar-refractivity contribution >= 4 is 11.7 Å². The molecule has 0 saturated carbocycles.